The highest BCUT2D eigenvalue weighted by molar-refractivity contribution is 5.06. The van der Waals surface area contributed by atoms with Crippen LogP contribution in [0, 0.1) is 10.8 Å². The van der Waals surface area contributed by atoms with E-state index in [0.717, 1.165) is 12.8 Å². The predicted octanol–water partition coefficient (Wildman–Crippen LogP) is 1.88. The maximum atomic E-state index is 6.25. The first-order chi connectivity index (χ1) is 5.57. The van der Waals surface area contributed by atoms with Crippen molar-refractivity contribution in [3.63, 3.8) is 0 Å². The molecule has 0 amide bonds. The summed E-state index contributed by atoms with van der Waals surface area (Å²) < 4.78 is 0. The fraction of sp³-hybridized carbons (Fsp3) is 1.00. The molecule has 13 heavy (non-hydrogen) atoms. The van der Waals surface area contributed by atoms with E-state index in [-0.39, 0.29) is 17.0 Å². The third-order valence-electron chi connectivity index (χ3n) is 3.35. The van der Waals surface area contributed by atoms with Gasteiger partial charge in [0, 0.05) is 11.6 Å². The van der Waals surface area contributed by atoms with Crippen LogP contribution in [0.4, 0.5) is 0 Å². The fourth-order valence-corrected chi connectivity index (χ4v) is 3.44. The van der Waals surface area contributed by atoms with Crippen molar-refractivity contribution >= 4 is 0 Å². The summed E-state index contributed by atoms with van der Waals surface area (Å²) in [5.74, 6) is 0. The second-order valence-corrected chi connectivity index (χ2v) is 6.49. The molecule has 1 fully saturated rings. The molecule has 1 saturated carbocycles. The molecule has 2 unspecified atom stereocenters. The van der Waals surface area contributed by atoms with Crippen molar-refractivity contribution in [3.05, 3.63) is 0 Å². The summed E-state index contributed by atoms with van der Waals surface area (Å²) in [6.07, 6.45) is 2.18. The molecule has 0 bridgehead atoms. The molecule has 0 saturated heterocycles. The molecule has 0 aromatic carbocycles. The molecule has 0 spiro atoms. The standard InChI is InChI=1S/C11H24N2/c1-9(2)6-10(3,4)8(12)11(5,13)7-9/h8H,6-7,12-13H2,1-5H3. The highest BCUT2D eigenvalue weighted by Gasteiger charge is 2.48. The zero-order valence-corrected chi connectivity index (χ0v) is 9.65. The van der Waals surface area contributed by atoms with E-state index < -0.39 is 0 Å². The first-order valence-electron chi connectivity index (χ1n) is 5.11. The molecule has 0 radical (unpaired) electrons. The summed E-state index contributed by atoms with van der Waals surface area (Å²) >= 11 is 0. The second kappa shape index (κ2) is 2.71. The molecule has 1 aliphatic carbocycles. The average Bonchev–Trinajstić information content (AvgIpc) is 1.77. The molecule has 0 aliphatic heterocycles. The molecule has 0 heterocycles. The van der Waals surface area contributed by atoms with Crippen LogP contribution < -0.4 is 11.5 Å². The van der Waals surface area contributed by atoms with Crippen LogP contribution in [0.25, 0.3) is 0 Å². The zero-order chi connectivity index (χ0) is 10.5. The van der Waals surface area contributed by atoms with Gasteiger partial charge in [0.1, 0.15) is 0 Å². The van der Waals surface area contributed by atoms with Gasteiger partial charge in [-0.1, -0.05) is 27.7 Å². The van der Waals surface area contributed by atoms with Crippen molar-refractivity contribution in [2.24, 2.45) is 22.3 Å². The highest BCUT2D eigenvalue weighted by atomic mass is 14.9. The van der Waals surface area contributed by atoms with E-state index in [0.29, 0.717) is 5.41 Å². The van der Waals surface area contributed by atoms with E-state index in [1.54, 1.807) is 0 Å². The number of hydrogen-bond donors (Lipinski definition) is 2. The van der Waals surface area contributed by atoms with Crippen LogP contribution in [0.5, 0.6) is 0 Å². The molecule has 0 aromatic heterocycles. The van der Waals surface area contributed by atoms with E-state index in [9.17, 15) is 0 Å². The third kappa shape index (κ3) is 2.05. The number of rotatable bonds is 0. The van der Waals surface area contributed by atoms with E-state index >= 15 is 0 Å². The van der Waals surface area contributed by atoms with Gasteiger partial charge in [-0.3, -0.25) is 0 Å². The van der Waals surface area contributed by atoms with Crippen LogP contribution in [0.1, 0.15) is 47.5 Å². The minimum atomic E-state index is -0.217. The Labute approximate surface area is 82.1 Å². The van der Waals surface area contributed by atoms with E-state index in [1.807, 2.05) is 0 Å². The van der Waals surface area contributed by atoms with E-state index in [1.165, 1.54) is 0 Å². The SMILES string of the molecule is CC1(C)CC(C)(C)C(N)C(C)(N)C1. The minimum Gasteiger partial charge on any atom is -0.326 e. The molecular weight excluding hydrogens is 160 g/mol. The second-order valence-electron chi connectivity index (χ2n) is 6.49. The van der Waals surface area contributed by atoms with Gasteiger partial charge in [0.15, 0.2) is 0 Å². The lowest BCUT2D eigenvalue weighted by molar-refractivity contribution is 0.0321. The summed E-state index contributed by atoms with van der Waals surface area (Å²) in [6, 6.07) is 0.105. The van der Waals surface area contributed by atoms with E-state index in [2.05, 4.69) is 34.6 Å². The van der Waals surface area contributed by atoms with Crippen molar-refractivity contribution in [1.82, 2.24) is 0 Å². The molecule has 2 heteroatoms. The van der Waals surface area contributed by atoms with Crippen molar-refractivity contribution in [3.8, 4) is 0 Å². The molecular formula is C11H24N2. The summed E-state index contributed by atoms with van der Waals surface area (Å²) in [4.78, 5) is 0. The van der Waals surface area contributed by atoms with Crippen LogP contribution in [-0.4, -0.2) is 11.6 Å². The van der Waals surface area contributed by atoms with Crippen LogP contribution in [0.2, 0.25) is 0 Å². The van der Waals surface area contributed by atoms with Crippen molar-refractivity contribution < 1.29 is 0 Å². The van der Waals surface area contributed by atoms with Gasteiger partial charge < -0.3 is 11.5 Å². The Morgan fingerprint density at radius 2 is 1.46 bits per heavy atom. The van der Waals surface area contributed by atoms with Gasteiger partial charge in [0.05, 0.1) is 0 Å². The molecule has 78 valence electrons. The van der Waals surface area contributed by atoms with Gasteiger partial charge >= 0.3 is 0 Å². The topological polar surface area (TPSA) is 52.0 Å². The lowest BCUT2D eigenvalue weighted by Gasteiger charge is -2.53. The monoisotopic (exact) mass is 184 g/mol. The Morgan fingerprint density at radius 1 is 1.00 bits per heavy atom. The highest BCUT2D eigenvalue weighted by Crippen LogP contribution is 2.48. The van der Waals surface area contributed by atoms with E-state index in [4.69, 9.17) is 11.5 Å². The third-order valence-corrected chi connectivity index (χ3v) is 3.35. The van der Waals surface area contributed by atoms with Crippen LogP contribution in [0.3, 0.4) is 0 Å². The van der Waals surface area contributed by atoms with Gasteiger partial charge in [-0.05, 0) is 30.6 Å². The van der Waals surface area contributed by atoms with Gasteiger partial charge in [-0.25, -0.2) is 0 Å². The van der Waals surface area contributed by atoms with Gasteiger partial charge in [-0.15, -0.1) is 0 Å². The Morgan fingerprint density at radius 3 is 1.85 bits per heavy atom. The lowest BCUT2D eigenvalue weighted by atomic mass is 9.56. The minimum absolute atomic E-state index is 0.105. The number of nitrogens with two attached hydrogens (primary N) is 2. The smallest absolute Gasteiger partial charge is 0.0289 e. The first-order valence-corrected chi connectivity index (χ1v) is 5.11. The Balaban J connectivity index is 2.96. The van der Waals surface area contributed by atoms with Crippen LogP contribution >= 0.6 is 0 Å². The number of hydrogen-bond acceptors (Lipinski definition) is 2. The fourth-order valence-electron chi connectivity index (χ4n) is 3.44. The zero-order valence-electron chi connectivity index (χ0n) is 9.65. The summed E-state index contributed by atoms with van der Waals surface area (Å²) in [5, 5.41) is 0. The largest absolute Gasteiger partial charge is 0.326 e. The molecule has 4 N–H and O–H groups in total. The maximum absolute atomic E-state index is 6.25. The predicted molar refractivity (Wildman–Crippen MR) is 57.4 cm³/mol. The maximum Gasteiger partial charge on any atom is 0.0289 e. The summed E-state index contributed by atoms with van der Waals surface area (Å²) in [6.45, 7) is 11.1. The lowest BCUT2D eigenvalue weighted by Crippen LogP contribution is -2.65. The average molecular weight is 184 g/mol. The Hall–Kier alpha value is -0.0800. The van der Waals surface area contributed by atoms with Crippen molar-refractivity contribution in [2.45, 2.75) is 59.0 Å². The molecule has 1 rings (SSSR count). The van der Waals surface area contributed by atoms with Crippen LogP contribution in [0.15, 0.2) is 0 Å². The summed E-state index contributed by atoms with van der Waals surface area (Å²) in [5.41, 5.74) is 12.7. The normalized spacial score (nSPS) is 43.2. The summed E-state index contributed by atoms with van der Waals surface area (Å²) in [7, 11) is 0. The van der Waals surface area contributed by atoms with Crippen molar-refractivity contribution in [1.29, 1.82) is 0 Å². The van der Waals surface area contributed by atoms with Gasteiger partial charge in [-0.2, -0.15) is 0 Å². The quantitative estimate of drug-likeness (QED) is 0.604. The van der Waals surface area contributed by atoms with Gasteiger partial charge in [0.2, 0.25) is 0 Å². The first kappa shape index (κ1) is 11.0. The molecule has 2 atom stereocenters. The Bertz CT molecular complexity index is 184. The molecule has 0 aromatic rings. The molecule has 2 nitrogen and oxygen atoms in total. The Kier molecular flexibility index (Phi) is 2.29. The van der Waals surface area contributed by atoms with Crippen LogP contribution in [-0.2, 0) is 0 Å². The van der Waals surface area contributed by atoms with Gasteiger partial charge in [0.25, 0.3) is 0 Å². The van der Waals surface area contributed by atoms with Crippen molar-refractivity contribution in [2.75, 3.05) is 0 Å². The molecule has 1 aliphatic rings.